The van der Waals surface area contributed by atoms with E-state index in [1.807, 2.05) is 0 Å². The van der Waals surface area contributed by atoms with Gasteiger partial charge >= 0.3 is 5.69 Å². The van der Waals surface area contributed by atoms with Crippen molar-refractivity contribution in [2.24, 2.45) is 0 Å². The van der Waals surface area contributed by atoms with E-state index in [2.05, 4.69) is 5.10 Å². The van der Waals surface area contributed by atoms with Crippen LogP contribution >= 0.6 is 0 Å². The molecule has 1 fully saturated rings. The SMILES string of the molecule is [2H]C([2H])(O)[C@H]1O[C@@H](n2ncc(=O)[nH]c2=O)C(F)(C#C)[C@H]1O. The molecular formula is C10H10FN3O5. The molecule has 0 spiro atoms. The minimum Gasteiger partial charge on any atom is -0.394 e. The second kappa shape index (κ2) is 4.58. The Labute approximate surface area is 108 Å². The molecule has 1 unspecified atom stereocenters. The van der Waals surface area contributed by atoms with Crippen LogP contribution in [0.2, 0.25) is 0 Å². The highest BCUT2D eigenvalue weighted by molar-refractivity contribution is 5.19. The molecule has 8 nitrogen and oxygen atoms in total. The van der Waals surface area contributed by atoms with Gasteiger partial charge in [0.2, 0.25) is 11.9 Å². The zero-order valence-corrected chi connectivity index (χ0v) is 9.28. The van der Waals surface area contributed by atoms with Crippen LogP contribution in [0.3, 0.4) is 0 Å². The highest BCUT2D eigenvalue weighted by Gasteiger charge is 2.58. The van der Waals surface area contributed by atoms with Crippen LogP contribution in [0.25, 0.3) is 0 Å². The molecule has 9 heteroatoms. The second-order valence-corrected chi connectivity index (χ2v) is 3.78. The quantitative estimate of drug-likeness (QED) is 0.514. The molecule has 0 aromatic carbocycles. The van der Waals surface area contributed by atoms with Crippen LogP contribution in [-0.2, 0) is 4.74 Å². The number of ether oxygens (including phenoxy) is 1. The number of hydrogen-bond acceptors (Lipinski definition) is 6. The number of hydrogen-bond donors (Lipinski definition) is 3. The Kier molecular flexibility index (Phi) is 2.62. The van der Waals surface area contributed by atoms with Gasteiger partial charge < -0.3 is 14.9 Å². The normalized spacial score (nSPS) is 36.4. The molecule has 0 amide bonds. The number of alkyl halides is 1. The average Bonchev–Trinajstić information content (AvgIpc) is 2.63. The first-order valence-corrected chi connectivity index (χ1v) is 5.02. The number of halogens is 1. The predicted molar refractivity (Wildman–Crippen MR) is 58.8 cm³/mol. The average molecular weight is 273 g/mol. The van der Waals surface area contributed by atoms with Gasteiger partial charge in [0.05, 0.1) is 9.30 Å². The van der Waals surface area contributed by atoms with Gasteiger partial charge in [-0.15, -0.1) is 6.42 Å². The summed E-state index contributed by atoms with van der Waals surface area (Å²) in [6, 6.07) is 0. The summed E-state index contributed by atoms with van der Waals surface area (Å²) in [5, 5.41) is 22.3. The first-order chi connectivity index (χ1) is 9.61. The van der Waals surface area contributed by atoms with Crippen molar-refractivity contribution in [1.29, 1.82) is 0 Å². The molecule has 3 N–H and O–H groups in total. The summed E-state index contributed by atoms with van der Waals surface area (Å²) >= 11 is 0. The van der Waals surface area contributed by atoms with Crippen LogP contribution in [0.5, 0.6) is 0 Å². The highest BCUT2D eigenvalue weighted by Crippen LogP contribution is 2.39. The van der Waals surface area contributed by atoms with Gasteiger partial charge in [-0.1, -0.05) is 5.92 Å². The Hall–Kier alpha value is -2.02. The fourth-order valence-corrected chi connectivity index (χ4v) is 1.70. The van der Waals surface area contributed by atoms with E-state index in [-0.39, 0.29) is 0 Å². The lowest BCUT2D eigenvalue weighted by molar-refractivity contribution is -0.0611. The van der Waals surface area contributed by atoms with Crippen molar-refractivity contribution >= 4 is 0 Å². The molecule has 1 aromatic heterocycles. The lowest BCUT2D eigenvalue weighted by Gasteiger charge is -2.22. The van der Waals surface area contributed by atoms with Crippen LogP contribution in [0, 0.1) is 12.3 Å². The van der Waals surface area contributed by atoms with Gasteiger partial charge in [0.15, 0.2) is 0 Å². The van der Waals surface area contributed by atoms with Crippen molar-refractivity contribution < 1.29 is 22.1 Å². The number of aromatic amines is 1. The van der Waals surface area contributed by atoms with E-state index in [4.69, 9.17) is 13.9 Å². The van der Waals surface area contributed by atoms with Crippen LogP contribution in [0.1, 0.15) is 8.97 Å². The fraction of sp³-hybridized carbons (Fsp3) is 0.500. The molecule has 19 heavy (non-hydrogen) atoms. The standard InChI is InChI=1S/C10H10FN3O5/c1-2-10(11)7(17)5(4-15)19-8(10)14-9(18)13-6(16)3-12-14/h1,3,5,7-8,15,17H,4H2,(H,13,16,18)/t5-,7+,8-,10?/m1/s1/i4D2. The summed E-state index contributed by atoms with van der Waals surface area (Å²) < 4.78 is 34.0. The number of aliphatic hydroxyl groups is 2. The Morgan fingerprint density at radius 2 is 2.47 bits per heavy atom. The number of nitrogens with one attached hydrogen (secondary N) is 1. The minimum absolute atomic E-state index is 0.316. The summed E-state index contributed by atoms with van der Waals surface area (Å²) in [4.78, 5) is 24.3. The highest BCUT2D eigenvalue weighted by atomic mass is 19.1. The first-order valence-electron chi connectivity index (χ1n) is 6.02. The van der Waals surface area contributed by atoms with Crippen molar-refractivity contribution in [3.8, 4) is 12.3 Å². The largest absolute Gasteiger partial charge is 0.394 e. The zero-order valence-electron chi connectivity index (χ0n) is 11.3. The number of rotatable bonds is 2. The Morgan fingerprint density at radius 3 is 3.00 bits per heavy atom. The van der Waals surface area contributed by atoms with E-state index in [0.717, 1.165) is 0 Å². The lowest BCUT2D eigenvalue weighted by atomic mass is 9.97. The third kappa shape index (κ3) is 1.95. The van der Waals surface area contributed by atoms with E-state index in [0.29, 0.717) is 10.9 Å². The molecule has 1 aromatic rings. The van der Waals surface area contributed by atoms with Crippen LogP contribution in [0.15, 0.2) is 15.8 Å². The molecule has 1 aliphatic heterocycles. The first kappa shape index (κ1) is 10.9. The molecule has 0 aliphatic carbocycles. The maximum Gasteiger partial charge on any atom is 0.347 e. The summed E-state index contributed by atoms with van der Waals surface area (Å²) in [5.41, 5.74) is -5.05. The molecule has 102 valence electrons. The van der Waals surface area contributed by atoms with Crippen molar-refractivity contribution in [3.05, 3.63) is 27.0 Å². The summed E-state index contributed by atoms with van der Waals surface area (Å²) in [6.45, 7) is -3.12. The Balaban J connectivity index is 2.55. The van der Waals surface area contributed by atoms with Gasteiger partial charge in [-0.05, 0) is 0 Å². The van der Waals surface area contributed by atoms with E-state index in [1.54, 1.807) is 10.9 Å². The molecule has 2 heterocycles. The van der Waals surface area contributed by atoms with Crippen LogP contribution in [-0.4, -0.2) is 49.4 Å². The lowest BCUT2D eigenvalue weighted by Crippen LogP contribution is -2.45. The third-order valence-electron chi connectivity index (χ3n) is 2.66. The number of aliphatic hydroxyl groups excluding tert-OH is 1. The van der Waals surface area contributed by atoms with E-state index in [1.165, 1.54) is 0 Å². The molecule has 0 saturated carbocycles. The van der Waals surface area contributed by atoms with Crippen molar-refractivity contribution in [1.82, 2.24) is 14.8 Å². The molecule has 1 saturated heterocycles. The van der Waals surface area contributed by atoms with Gasteiger partial charge in [-0.3, -0.25) is 9.78 Å². The number of H-pyrrole nitrogens is 1. The fourth-order valence-electron chi connectivity index (χ4n) is 1.70. The number of nitrogens with zero attached hydrogens (tertiary/aromatic N) is 2. The summed E-state index contributed by atoms with van der Waals surface area (Å²) in [7, 11) is 0. The Bertz CT molecular complexity index is 708. The maximum atomic E-state index is 14.7. The zero-order chi connectivity index (χ0) is 16.0. The van der Waals surface area contributed by atoms with Gasteiger partial charge in [0.1, 0.15) is 18.4 Å². The predicted octanol–water partition coefficient (Wildman–Crippen LogP) is -2.48. The van der Waals surface area contributed by atoms with Crippen molar-refractivity contribution in [2.45, 2.75) is 24.1 Å². The van der Waals surface area contributed by atoms with Gasteiger partial charge in [0, 0.05) is 0 Å². The van der Waals surface area contributed by atoms with E-state index in [9.17, 15) is 24.2 Å². The van der Waals surface area contributed by atoms with Crippen molar-refractivity contribution in [2.75, 3.05) is 6.56 Å². The summed E-state index contributed by atoms with van der Waals surface area (Å²) in [5.74, 6) is 1.57. The number of terminal acetylenes is 1. The van der Waals surface area contributed by atoms with Crippen LogP contribution < -0.4 is 11.2 Å². The summed E-state index contributed by atoms with van der Waals surface area (Å²) in [6.07, 6.45) is -0.692. The second-order valence-electron chi connectivity index (χ2n) is 3.78. The van der Waals surface area contributed by atoms with Crippen LogP contribution in [0.4, 0.5) is 4.39 Å². The van der Waals surface area contributed by atoms with Gasteiger partial charge in [-0.2, -0.15) is 9.78 Å². The molecule has 0 radical (unpaired) electrons. The number of aromatic nitrogens is 3. The topological polar surface area (TPSA) is 117 Å². The van der Waals surface area contributed by atoms with E-state index < -0.39 is 41.9 Å². The molecule has 2 rings (SSSR count). The smallest absolute Gasteiger partial charge is 0.347 e. The maximum absolute atomic E-state index is 14.7. The monoisotopic (exact) mass is 273 g/mol. The van der Waals surface area contributed by atoms with Gasteiger partial charge in [-0.25, -0.2) is 9.18 Å². The van der Waals surface area contributed by atoms with Crippen molar-refractivity contribution in [3.63, 3.8) is 0 Å². The molecule has 1 aliphatic rings. The third-order valence-corrected chi connectivity index (χ3v) is 2.66. The molecule has 4 atom stereocenters. The molecule has 0 bridgehead atoms. The molecular weight excluding hydrogens is 261 g/mol. The minimum atomic E-state index is -3.12. The Morgan fingerprint density at radius 1 is 1.79 bits per heavy atom. The van der Waals surface area contributed by atoms with E-state index >= 15 is 0 Å². The van der Waals surface area contributed by atoms with Gasteiger partial charge in [0.25, 0.3) is 5.56 Å².